The Morgan fingerprint density at radius 2 is 2.00 bits per heavy atom. The number of aromatic nitrogens is 3. The van der Waals surface area contributed by atoms with Crippen LogP contribution in [0.4, 0.5) is 5.82 Å². The van der Waals surface area contributed by atoms with Crippen LogP contribution in [0, 0.1) is 6.92 Å². The summed E-state index contributed by atoms with van der Waals surface area (Å²) >= 11 is 0. The molecule has 2 N–H and O–H groups in total. The molecule has 0 atom stereocenters. The first kappa shape index (κ1) is 19.8. The minimum atomic E-state index is -0.254. The van der Waals surface area contributed by atoms with Gasteiger partial charge >= 0.3 is 0 Å². The molecule has 28 heavy (non-hydrogen) atoms. The second kappa shape index (κ2) is 9.32. The number of H-pyrrole nitrogens is 1. The monoisotopic (exact) mass is 381 g/mol. The number of aromatic amines is 1. The number of amides is 1. The summed E-state index contributed by atoms with van der Waals surface area (Å²) in [5, 5.41) is 2.82. The van der Waals surface area contributed by atoms with E-state index < -0.39 is 0 Å². The van der Waals surface area contributed by atoms with E-state index in [0.29, 0.717) is 29.4 Å². The minimum Gasteiger partial charge on any atom is -0.478 e. The van der Waals surface area contributed by atoms with E-state index in [1.807, 2.05) is 31.2 Å². The summed E-state index contributed by atoms with van der Waals surface area (Å²) in [6.45, 7) is 9.86. The normalized spacial score (nSPS) is 11.1. The number of carbonyl (C=O) groups is 1. The summed E-state index contributed by atoms with van der Waals surface area (Å²) in [7, 11) is 0. The number of hydrogen-bond acceptors (Lipinski definition) is 5. The maximum absolute atomic E-state index is 12.7. The SMILES string of the molecule is CCN(CC)CCCOc1ccc2[nH]cc(C(=O)Nc3cccc(C)n3)c2n1. The van der Waals surface area contributed by atoms with E-state index in [-0.39, 0.29) is 5.91 Å². The highest BCUT2D eigenvalue weighted by molar-refractivity contribution is 6.11. The molecule has 0 aromatic carbocycles. The molecule has 3 aromatic rings. The number of hydrogen-bond donors (Lipinski definition) is 2. The van der Waals surface area contributed by atoms with E-state index in [2.05, 4.69) is 39.0 Å². The van der Waals surface area contributed by atoms with E-state index in [0.717, 1.165) is 37.3 Å². The first-order valence-electron chi connectivity index (χ1n) is 9.69. The lowest BCUT2D eigenvalue weighted by Crippen LogP contribution is -2.25. The Labute approximate surface area is 165 Å². The average molecular weight is 381 g/mol. The van der Waals surface area contributed by atoms with Crippen molar-refractivity contribution in [2.75, 3.05) is 31.6 Å². The number of anilines is 1. The predicted octanol–water partition coefficient (Wildman–Crippen LogP) is 3.63. The van der Waals surface area contributed by atoms with E-state index in [4.69, 9.17) is 4.74 Å². The van der Waals surface area contributed by atoms with Gasteiger partial charge in [-0.05, 0) is 44.6 Å². The summed E-state index contributed by atoms with van der Waals surface area (Å²) in [5.74, 6) is 0.785. The first-order valence-corrected chi connectivity index (χ1v) is 9.69. The topological polar surface area (TPSA) is 83.1 Å². The van der Waals surface area contributed by atoms with Crippen LogP contribution in [0.3, 0.4) is 0 Å². The minimum absolute atomic E-state index is 0.254. The quantitative estimate of drug-likeness (QED) is 0.553. The number of nitrogens with one attached hydrogen (secondary N) is 2. The van der Waals surface area contributed by atoms with Gasteiger partial charge in [-0.2, -0.15) is 0 Å². The molecule has 0 aliphatic rings. The molecule has 0 bridgehead atoms. The maximum atomic E-state index is 12.7. The van der Waals surface area contributed by atoms with Gasteiger partial charge in [0.2, 0.25) is 5.88 Å². The second-order valence-corrected chi connectivity index (χ2v) is 6.60. The van der Waals surface area contributed by atoms with Crippen LogP contribution in [0.15, 0.2) is 36.5 Å². The predicted molar refractivity (Wildman–Crippen MR) is 111 cm³/mol. The van der Waals surface area contributed by atoms with Crippen molar-refractivity contribution >= 4 is 22.8 Å². The Morgan fingerprint density at radius 3 is 2.75 bits per heavy atom. The van der Waals surface area contributed by atoms with Crippen LogP contribution in [-0.4, -0.2) is 52.0 Å². The average Bonchev–Trinajstić information content (AvgIpc) is 3.11. The van der Waals surface area contributed by atoms with Gasteiger partial charge in [-0.25, -0.2) is 9.97 Å². The Morgan fingerprint density at radius 1 is 1.18 bits per heavy atom. The van der Waals surface area contributed by atoms with Crippen molar-refractivity contribution < 1.29 is 9.53 Å². The molecule has 0 fully saturated rings. The molecule has 0 spiro atoms. The highest BCUT2D eigenvalue weighted by Crippen LogP contribution is 2.21. The van der Waals surface area contributed by atoms with Crippen molar-refractivity contribution in [2.45, 2.75) is 27.2 Å². The molecule has 1 amide bonds. The van der Waals surface area contributed by atoms with E-state index in [9.17, 15) is 4.79 Å². The van der Waals surface area contributed by atoms with E-state index in [1.54, 1.807) is 12.3 Å². The molecular formula is C21H27N5O2. The number of nitrogens with zero attached hydrogens (tertiary/aromatic N) is 3. The highest BCUT2D eigenvalue weighted by atomic mass is 16.5. The van der Waals surface area contributed by atoms with Crippen LogP contribution in [0.5, 0.6) is 5.88 Å². The molecule has 0 saturated heterocycles. The van der Waals surface area contributed by atoms with Gasteiger partial charge in [0.15, 0.2) is 0 Å². The van der Waals surface area contributed by atoms with Gasteiger partial charge in [0.05, 0.1) is 17.7 Å². The largest absolute Gasteiger partial charge is 0.478 e. The summed E-state index contributed by atoms with van der Waals surface area (Å²) in [5.41, 5.74) is 2.69. The summed E-state index contributed by atoms with van der Waals surface area (Å²) in [4.78, 5) is 26.9. The number of ether oxygens (including phenoxy) is 1. The zero-order valence-corrected chi connectivity index (χ0v) is 16.7. The third-order valence-electron chi connectivity index (χ3n) is 4.63. The standard InChI is InChI=1S/C21H27N5O2/c1-4-26(5-2)12-7-13-28-19-11-10-17-20(25-19)16(14-22-17)21(27)24-18-9-6-8-15(3)23-18/h6,8-11,14,22H,4-5,7,12-13H2,1-3H3,(H,23,24,27). The number of fused-ring (bicyclic) bond motifs is 1. The molecule has 3 aromatic heterocycles. The highest BCUT2D eigenvalue weighted by Gasteiger charge is 2.15. The fourth-order valence-corrected chi connectivity index (χ4v) is 3.04. The molecule has 7 heteroatoms. The van der Waals surface area contributed by atoms with E-state index >= 15 is 0 Å². The van der Waals surface area contributed by atoms with Crippen LogP contribution in [0.25, 0.3) is 11.0 Å². The van der Waals surface area contributed by atoms with Crippen molar-refractivity contribution in [3.05, 3.63) is 47.8 Å². The summed E-state index contributed by atoms with van der Waals surface area (Å²) in [6, 6.07) is 9.20. The number of rotatable bonds is 9. The number of aryl methyl sites for hydroxylation is 1. The zero-order valence-electron chi connectivity index (χ0n) is 16.7. The zero-order chi connectivity index (χ0) is 19.9. The second-order valence-electron chi connectivity index (χ2n) is 6.60. The van der Waals surface area contributed by atoms with Gasteiger partial charge in [-0.3, -0.25) is 4.79 Å². The third-order valence-corrected chi connectivity index (χ3v) is 4.63. The molecule has 0 aliphatic heterocycles. The number of carbonyl (C=O) groups excluding carboxylic acids is 1. The fraction of sp³-hybridized carbons (Fsp3) is 0.381. The van der Waals surface area contributed by atoms with Crippen molar-refractivity contribution in [2.24, 2.45) is 0 Å². The Kier molecular flexibility index (Phi) is 6.60. The summed E-state index contributed by atoms with van der Waals surface area (Å²) < 4.78 is 5.80. The molecule has 3 heterocycles. The molecular weight excluding hydrogens is 354 g/mol. The molecule has 3 rings (SSSR count). The lowest BCUT2D eigenvalue weighted by molar-refractivity contribution is 0.102. The van der Waals surface area contributed by atoms with Crippen molar-refractivity contribution in [1.82, 2.24) is 19.9 Å². The van der Waals surface area contributed by atoms with Gasteiger partial charge in [0.25, 0.3) is 5.91 Å². The van der Waals surface area contributed by atoms with Crippen LogP contribution in [-0.2, 0) is 0 Å². The summed E-state index contributed by atoms with van der Waals surface area (Å²) in [6.07, 6.45) is 2.59. The molecule has 0 aliphatic carbocycles. The third kappa shape index (κ3) is 4.86. The van der Waals surface area contributed by atoms with Gasteiger partial charge in [-0.1, -0.05) is 19.9 Å². The lowest BCUT2D eigenvalue weighted by atomic mass is 10.2. The maximum Gasteiger partial charge on any atom is 0.260 e. The molecule has 0 saturated carbocycles. The van der Waals surface area contributed by atoms with Crippen molar-refractivity contribution in [3.63, 3.8) is 0 Å². The van der Waals surface area contributed by atoms with Gasteiger partial charge in [-0.15, -0.1) is 0 Å². The van der Waals surface area contributed by atoms with Crippen LogP contribution < -0.4 is 10.1 Å². The van der Waals surface area contributed by atoms with Gasteiger partial charge in [0.1, 0.15) is 11.3 Å². The van der Waals surface area contributed by atoms with Crippen molar-refractivity contribution in [1.29, 1.82) is 0 Å². The van der Waals surface area contributed by atoms with Crippen molar-refractivity contribution in [3.8, 4) is 5.88 Å². The Balaban J connectivity index is 1.67. The Bertz CT molecular complexity index is 933. The smallest absolute Gasteiger partial charge is 0.260 e. The van der Waals surface area contributed by atoms with Gasteiger partial charge < -0.3 is 19.9 Å². The molecule has 7 nitrogen and oxygen atoms in total. The van der Waals surface area contributed by atoms with Crippen LogP contribution in [0.1, 0.15) is 36.3 Å². The molecule has 148 valence electrons. The number of pyridine rings is 2. The van der Waals surface area contributed by atoms with Crippen LogP contribution in [0.2, 0.25) is 0 Å². The van der Waals surface area contributed by atoms with Gasteiger partial charge in [0, 0.05) is 24.5 Å². The Hall–Kier alpha value is -2.93. The first-order chi connectivity index (χ1) is 13.6. The van der Waals surface area contributed by atoms with Crippen LogP contribution >= 0.6 is 0 Å². The molecule has 0 unspecified atom stereocenters. The van der Waals surface area contributed by atoms with E-state index in [1.165, 1.54) is 0 Å². The lowest BCUT2D eigenvalue weighted by Gasteiger charge is -2.17. The fourth-order valence-electron chi connectivity index (χ4n) is 3.04. The molecule has 0 radical (unpaired) electrons.